The zero-order valence-electron chi connectivity index (χ0n) is 17.6. The van der Waals surface area contributed by atoms with Crippen LogP contribution in [0.4, 0.5) is 0 Å². The fraction of sp³-hybridized carbons (Fsp3) is 0.111. The maximum absolute atomic E-state index is 12.1. The lowest BCUT2D eigenvalue weighted by atomic mass is 9.94. The summed E-state index contributed by atoms with van der Waals surface area (Å²) in [7, 11) is 1.37. The van der Waals surface area contributed by atoms with Crippen molar-refractivity contribution in [2.45, 2.75) is 13.2 Å². The summed E-state index contributed by atoms with van der Waals surface area (Å²) in [4.78, 5) is 16.8. The molecule has 0 fully saturated rings. The molecular formula is C27H21NO4. The van der Waals surface area contributed by atoms with Crippen LogP contribution in [0.3, 0.4) is 0 Å². The van der Waals surface area contributed by atoms with Crippen LogP contribution >= 0.6 is 0 Å². The number of hydrogen-bond donors (Lipinski definition) is 0. The van der Waals surface area contributed by atoms with E-state index in [0.717, 1.165) is 38.9 Å². The van der Waals surface area contributed by atoms with Gasteiger partial charge in [-0.1, -0.05) is 48.5 Å². The molecule has 0 saturated heterocycles. The topological polar surface area (TPSA) is 57.7 Å². The predicted molar refractivity (Wildman–Crippen MR) is 122 cm³/mol. The monoisotopic (exact) mass is 423 g/mol. The van der Waals surface area contributed by atoms with Crippen LogP contribution in [-0.2, 0) is 22.7 Å². The maximum atomic E-state index is 12.1. The molecule has 0 radical (unpaired) electrons. The second-order valence-electron chi connectivity index (χ2n) is 7.47. The lowest BCUT2D eigenvalue weighted by molar-refractivity contribution is -0.134. The molecule has 3 aromatic carbocycles. The van der Waals surface area contributed by atoms with Crippen molar-refractivity contribution in [2.75, 3.05) is 7.11 Å². The van der Waals surface area contributed by atoms with E-state index in [0.29, 0.717) is 24.7 Å². The Morgan fingerprint density at radius 3 is 2.75 bits per heavy atom. The Kier molecular flexibility index (Phi) is 5.30. The first-order valence-electron chi connectivity index (χ1n) is 10.3. The Hall–Kier alpha value is -4.12. The van der Waals surface area contributed by atoms with Gasteiger partial charge in [0.2, 0.25) is 0 Å². The van der Waals surface area contributed by atoms with E-state index >= 15 is 0 Å². The van der Waals surface area contributed by atoms with Crippen LogP contribution in [-0.4, -0.2) is 18.1 Å². The molecule has 1 aromatic heterocycles. The van der Waals surface area contributed by atoms with E-state index in [-0.39, 0.29) is 0 Å². The quantitative estimate of drug-likeness (QED) is 0.329. The molecule has 0 bridgehead atoms. The van der Waals surface area contributed by atoms with Gasteiger partial charge in [0.15, 0.2) is 0 Å². The number of nitrogens with zero attached hydrogens (tertiary/aromatic N) is 1. The average Bonchev–Trinajstić information content (AvgIpc) is 2.99. The maximum Gasteiger partial charge on any atom is 0.331 e. The minimum absolute atomic E-state index is 0.330. The first kappa shape index (κ1) is 19.8. The minimum Gasteiger partial charge on any atom is -0.488 e. The van der Waals surface area contributed by atoms with Crippen molar-refractivity contribution < 1.29 is 19.0 Å². The summed E-state index contributed by atoms with van der Waals surface area (Å²) in [6.45, 7) is 0.750. The van der Waals surface area contributed by atoms with Crippen LogP contribution in [0.1, 0.15) is 22.4 Å². The van der Waals surface area contributed by atoms with Gasteiger partial charge >= 0.3 is 5.97 Å². The average molecular weight is 423 g/mol. The van der Waals surface area contributed by atoms with Crippen LogP contribution in [0.25, 0.3) is 16.5 Å². The summed E-state index contributed by atoms with van der Waals surface area (Å²) in [5, 5.41) is 1.09. The highest BCUT2D eigenvalue weighted by Crippen LogP contribution is 2.38. The lowest BCUT2D eigenvalue weighted by Crippen LogP contribution is -2.01. The number of pyridine rings is 1. The van der Waals surface area contributed by atoms with Crippen LogP contribution in [0.2, 0.25) is 0 Å². The third kappa shape index (κ3) is 3.93. The number of aromatic nitrogens is 1. The smallest absolute Gasteiger partial charge is 0.331 e. The molecule has 0 saturated carbocycles. The van der Waals surface area contributed by atoms with Gasteiger partial charge in [-0.3, -0.25) is 0 Å². The van der Waals surface area contributed by atoms with Crippen LogP contribution in [0.15, 0.2) is 84.9 Å². The van der Waals surface area contributed by atoms with Gasteiger partial charge in [-0.15, -0.1) is 0 Å². The molecule has 0 unspecified atom stereocenters. The first-order valence-corrected chi connectivity index (χ1v) is 10.3. The molecule has 0 spiro atoms. The largest absolute Gasteiger partial charge is 0.488 e. The highest BCUT2D eigenvalue weighted by molar-refractivity contribution is 5.98. The van der Waals surface area contributed by atoms with Gasteiger partial charge in [-0.2, -0.15) is 0 Å². The minimum atomic E-state index is -0.422. The molecule has 5 heteroatoms. The van der Waals surface area contributed by atoms with Gasteiger partial charge in [0.1, 0.15) is 24.7 Å². The van der Waals surface area contributed by atoms with Crippen molar-refractivity contribution >= 4 is 22.4 Å². The zero-order chi connectivity index (χ0) is 21.9. The number of hydrogen-bond acceptors (Lipinski definition) is 5. The fourth-order valence-electron chi connectivity index (χ4n) is 3.82. The summed E-state index contributed by atoms with van der Waals surface area (Å²) >= 11 is 0. The Bertz CT molecular complexity index is 1340. The number of fused-ring (bicyclic) bond motifs is 3. The third-order valence-electron chi connectivity index (χ3n) is 5.44. The van der Waals surface area contributed by atoms with Crippen molar-refractivity contribution in [3.05, 3.63) is 107 Å². The van der Waals surface area contributed by atoms with Crippen molar-refractivity contribution in [2.24, 2.45) is 0 Å². The Balaban J connectivity index is 1.48. The number of ether oxygens (including phenoxy) is 3. The molecule has 4 aromatic rings. The number of methoxy groups -OCH3 is 1. The number of para-hydroxylation sites is 1. The molecule has 2 heterocycles. The predicted octanol–water partition coefficient (Wildman–Crippen LogP) is 5.31. The third-order valence-corrected chi connectivity index (χ3v) is 5.44. The second kappa shape index (κ2) is 8.55. The van der Waals surface area contributed by atoms with Gasteiger partial charge in [-0.05, 0) is 41.5 Å². The molecule has 0 N–H and O–H groups in total. The molecule has 1 aliphatic heterocycles. The molecule has 158 valence electrons. The molecule has 5 rings (SSSR count). The highest BCUT2D eigenvalue weighted by Gasteiger charge is 2.21. The molecule has 1 aliphatic rings. The fourth-order valence-corrected chi connectivity index (χ4v) is 3.82. The van der Waals surface area contributed by atoms with E-state index in [2.05, 4.69) is 4.98 Å². The zero-order valence-corrected chi connectivity index (χ0v) is 17.6. The van der Waals surface area contributed by atoms with Crippen molar-refractivity contribution in [3.63, 3.8) is 0 Å². The van der Waals surface area contributed by atoms with E-state index in [1.807, 2.05) is 78.9 Å². The van der Waals surface area contributed by atoms with E-state index in [9.17, 15) is 4.79 Å². The van der Waals surface area contributed by atoms with E-state index in [4.69, 9.17) is 14.2 Å². The van der Waals surface area contributed by atoms with Gasteiger partial charge in [-0.25, -0.2) is 9.78 Å². The Morgan fingerprint density at radius 2 is 1.84 bits per heavy atom. The molecular weight excluding hydrogens is 402 g/mol. The normalized spacial score (nSPS) is 13.6. The Labute approximate surface area is 185 Å². The van der Waals surface area contributed by atoms with Crippen molar-refractivity contribution in [3.8, 4) is 11.5 Å². The van der Waals surface area contributed by atoms with Gasteiger partial charge in [0, 0.05) is 22.6 Å². The van der Waals surface area contributed by atoms with Crippen LogP contribution in [0, 0.1) is 0 Å². The lowest BCUT2D eigenvalue weighted by Gasteiger charge is -2.13. The standard InChI is InChI=1S/C27H21NO4/c1-30-27(29)15-23-22-8-4-2-7-19(22)16-32-26-13-12-21(14-24(23)26)31-17-20-11-10-18-6-3-5-9-25(18)28-20/h2-15H,16-17H2,1H3/b23-15-. The number of carbonyl (C=O) groups excluding carboxylic acids is 1. The summed E-state index contributed by atoms with van der Waals surface area (Å²) in [5.41, 5.74) is 5.24. The first-order chi connectivity index (χ1) is 15.7. The van der Waals surface area contributed by atoms with Crippen molar-refractivity contribution in [1.29, 1.82) is 0 Å². The summed E-state index contributed by atoms with van der Waals surface area (Å²) in [6, 6.07) is 25.5. The summed E-state index contributed by atoms with van der Waals surface area (Å²) in [5.74, 6) is 0.930. The molecule has 0 atom stereocenters. The SMILES string of the molecule is COC(=O)/C=C1/c2ccccc2COc2ccc(OCc3ccc4ccccc4n3)cc21. The summed E-state index contributed by atoms with van der Waals surface area (Å²) < 4.78 is 17.0. The van der Waals surface area contributed by atoms with Gasteiger partial charge < -0.3 is 14.2 Å². The number of carbonyl (C=O) groups is 1. The van der Waals surface area contributed by atoms with E-state index < -0.39 is 5.97 Å². The van der Waals surface area contributed by atoms with Gasteiger partial charge in [0.25, 0.3) is 0 Å². The van der Waals surface area contributed by atoms with Crippen LogP contribution < -0.4 is 9.47 Å². The number of esters is 1. The number of rotatable bonds is 4. The second-order valence-corrected chi connectivity index (χ2v) is 7.47. The molecule has 5 nitrogen and oxygen atoms in total. The number of benzene rings is 3. The van der Waals surface area contributed by atoms with Crippen LogP contribution in [0.5, 0.6) is 11.5 Å². The van der Waals surface area contributed by atoms with Gasteiger partial charge in [0.05, 0.1) is 18.3 Å². The van der Waals surface area contributed by atoms with E-state index in [1.165, 1.54) is 13.2 Å². The molecule has 32 heavy (non-hydrogen) atoms. The molecule has 0 aliphatic carbocycles. The molecule has 0 amide bonds. The summed E-state index contributed by atoms with van der Waals surface area (Å²) in [6.07, 6.45) is 1.50. The van der Waals surface area contributed by atoms with Crippen molar-refractivity contribution in [1.82, 2.24) is 4.98 Å². The van der Waals surface area contributed by atoms with E-state index in [1.54, 1.807) is 0 Å². The Morgan fingerprint density at radius 1 is 1.00 bits per heavy atom. The highest BCUT2D eigenvalue weighted by atomic mass is 16.5.